The van der Waals surface area contributed by atoms with Crippen LogP contribution < -0.4 is 10.9 Å². The molecule has 0 radical (unpaired) electrons. The summed E-state index contributed by atoms with van der Waals surface area (Å²) in [4.78, 5) is 31.3. The van der Waals surface area contributed by atoms with Crippen LogP contribution in [0.4, 0.5) is 0 Å². The fourth-order valence-corrected chi connectivity index (χ4v) is 6.71. The number of aryl methyl sites for hydroxylation is 1. The summed E-state index contributed by atoms with van der Waals surface area (Å²) >= 11 is 0. The molecule has 1 aromatic heterocycles. The normalized spacial score (nSPS) is 25.1. The lowest BCUT2D eigenvalue weighted by molar-refractivity contribution is -0.000382. The van der Waals surface area contributed by atoms with Crippen LogP contribution in [0.25, 0.3) is 0 Å². The molecule has 2 aliphatic carbocycles. The van der Waals surface area contributed by atoms with Crippen LogP contribution in [0.2, 0.25) is 0 Å². The number of phenolic OH excluding ortho intramolecular Hbond substituents is 1. The van der Waals surface area contributed by atoms with Gasteiger partial charge in [-0.3, -0.25) is 9.59 Å². The number of nitrogens with zero attached hydrogens (tertiary/aromatic N) is 1. The van der Waals surface area contributed by atoms with E-state index in [1.165, 1.54) is 11.1 Å². The highest BCUT2D eigenvalue weighted by Crippen LogP contribution is 2.57. The van der Waals surface area contributed by atoms with Gasteiger partial charge < -0.3 is 20.3 Å². The van der Waals surface area contributed by atoms with Crippen molar-refractivity contribution in [1.82, 2.24) is 15.2 Å². The number of phenols is 1. The first-order chi connectivity index (χ1) is 16.4. The smallest absolute Gasteiger partial charge is 0.261 e. The third-order valence-corrected chi connectivity index (χ3v) is 8.22. The monoisotopic (exact) mass is 455 g/mol. The first-order valence-electron chi connectivity index (χ1n) is 12.1. The number of likely N-dealkylation sites (tertiary alicyclic amines) is 1. The van der Waals surface area contributed by atoms with Crippen LogP contribution in [-0.2, 0) is 24.8 Å². The van der Waals surface area contributed by atoms with Gasteiger partial charge in [0.1, 0.15) is 11.3 Å². The van der Waals surface area contributed by atoms with Crippen molar-refractivity contribution in [3.05, 3.63) is 98.5 Å². The molecular formula is C28H29N3O3. The Morgan fingerprint density at radius 1 is 1.21 bits per heavy atom. The van der Waals surface area contributed by atoms with Crippen LogP contribution in [0.1, 0.15) is 57.1 Å². The molecule has 0 saturated carbocycles. The number of hydrogen-bond acceptors (Lipinski definition) is 4. The molecule has 3 atom stereocenters. The van der Waals surface area contributed by atoms with E-state index in [9.17, 15) is 14.7 Å². The second-order valence-electron chi connectivity index (χ2n) is 10.2. The Bertz CT molecular complexity index is 1330. The lowest BCUT2D eigenvalue weighted by atomic mass is 9.66. The molecule has 1 spiro atoms. The number of pyridine rings is 1. The zero-order valence-electron chi connectivity index (χ0n) is 19.3. The number of carbonyl (C=O) groups is 1. The Kier molecular flexibility index (Phi) is 4.88. The van der Waals surface area contributed by atoms with Crippen LogP contribution >= 0.6 is 0 Å². The van der Waals surface area contributed by atoms with Crippen molar-refractivity contribution in [1.29, 1.82) is 0 Å². The molecule has 2 heterocycles. The van der Waals surface area contributed by atoms with Crippen LogP contribution in [-0.4, -0.2) is 40.5 Å². The highest BCUT2D eigenvalue weighted by atomic mass is 16.3. The molecule has 1 saturated heterocycles. The zero-order chi connectivity index (χ0) is 23.4. The number of aromatic amines is 1. The number of nitrogens with one attached hydrogen (secondary N) is 2. The third kappa shape index (κ3) is 3.28. The van der Waals surface area contributed by atoms with Crippen molar-refractivity contribution in [3.63, 3.8) is 0 Å². The molecule has 1 fully saturated rings. The molecule has 34 heavy (non-hydrogen) atoms. The summed E-state index contributed by atoms with van der Waals surface area (Å²) in [5.74, 6) is 0.187. The van der Waals surface area contributed by atoms with Crippen molar-refractivity contribution in [2.24, 2.45) is 0 Å². The number of aromatic nitrogens is 1. The average molecular weight is 456 g/mol. The number of amides is 1. The van der Waals surface area contributed by atoms with Gasteiger partial charge in [-0.1, -0.05) is 36.4 Å². The fourth-order valence-electron chi connectivity index (χ4n) is 6.71. The maximum absolute atomic E-state index is 13.0. The summed E-state index contributed by atoms with van der Waals surface area (Å²) < 4.78 is 0. The molecular weight excluding hydrogens is 426 g/mol. The van der Waals surface area contributed by atoms with Gasteiger partial charge >= 0.3 is 0 Å². The van der Waals surface area contributed by atoms with Crippen molar-refractivity contribution >= 4 is 5.91 Å². The Labute approximate surface area is 198 Å². The second-order valence-corrected chi connectivity index (χ2v) is 10.2. The summed E-state index contributed by atoms with van der Waals surface area (Å²) in [6.45, 7) is 1.40. The topological polar surface area (TPSA) is 85.4 Å². The van der Waals surface area contributed by atoms with E-state index < -0.39 is 0 Å². The maximum Gasteiger partial charge on any atom is 0.261 e. The van der Waals surface area contributed by atoms with Crippen LogP contribution in [0, 0.1) is 0 Å². The Balaban J connectivity index is 1.34. The molecule has 174 valence electrons. The maximum atomic E-state index is 13.0. The quantitative estimate of drug-likeness (QED) is 0.566. The van der Waals surface area contributed by atoms with Gasteiger partial charge in [-0.2, -0.15) is 0 Å². The minimum Gasteiger partial charge on any atom is -0.508 e. The summed E-state index contributed by atoms with van der Waals surface area (Å²) in [6, 6.07) is 17.7. The molecule has 6 rings (SSSR count). The highest BCUT2D eigenvalue weighted by Gasteiger charge is 2.57. The average Bonchev–Trinajstić information content (AvgIpc) is 3.15. The summed E-state index contributed by atoms with van der Waals surface area (Å²) in [6.07, 6.45) is 3.53. The number of rotatable bonds is 3. The van der Waals surface area contributed by atoms with Crippen molar-refractivity contribution < 1.29 is 9.90 Å². The molecule has 3 N–H and O–H groups in total. The predicted octanol–water partition coefficient (Wildman–Crippen LogP) is 3.24. The van der Waals surface area contributed by atoms with Gasteiger partial charge in [-0.25, -0.2) is 0 Å². The van der Waals surface area contributed by atoms with Crippen molar-refractivity contribution in [2.45, 2.75) is 49.6 Å². The van der Waals surface area contributed by atoms with Gasteiger partial charge in [-0.05, 0) is 79.1 Å². The number of aromatic hydroxyl groups is 1. The summed E-state index contributed by atoms with van der Waals surface area (Å²) in [5, 5.41) is 13.1. The van der Waals surface area contributed by atoms with Crippen LogP contribution in [0.15, 0.2) is 59.4 Å². The van der Waals surface area contributed by atoms with E-state index in [0.29, 0.717) is 24.8 Å². The first kappa shape index (κ1) is 21.2. The van der Waals surface area contributed by atoms with E-state index in [4.69, 9.17) is 0 Å². The largest absolute Gasteiger partial charge is 0.508 e. The van der Waals surface area contributed by atoms with Gasteiger partial charge in [0.25, 0.3) is 11.5 Å². The molecule has 1 unspecified atom stereocenters. The predicted molar refractivity (Wildman–Crippen MR) is 130 cm³/mol. The second kappa shape index (κ2) is 7.84. The van der Waals surface area contributed by atoms with Crippen LogP contribution in [0.5, 0.6) is 5.75 Å². The first-order valence-corrected chi connectivity index (χ1v) is 12.1. The number of benzene rings is 2. The zero-order valence-corrected chi connectivity index (χ0v) is 19.3. The summed E-state index contributed by atoms with van der Waals surface area (Å²) in [7, 11) is 2.18. The molecule has 3 aliphatic rings. The van der Waals surface area contributed by atoms with Crippen LogP contribution in [0.3, 0.4) is 0 Å². The fraction of sp³-hybridized carbons (Fsp3) is 0.357. The molecule has 3 aromatic rings. The van der Waals surface area contributed by atoms with Gasteiger partial charge in [-0.15, -0.1) is 0 Å². The van der Waals surface area contributed by atoms with Gasteiger partial charge in [0.2, 0.25) is 0 Å². The Morgan fingerprint density at radius 2 is 2.03 bits per heavy atom. The van der Waals surface area contributed by atoms with Gasteiger partial charge in [0, 0.05) is 30.2 Å². The van der Waals surface area contributed by atoms with E-state index in [-0.39, 0.29) is 28.4 Å². The molecule has 1 aliphatic heterocycles. The van der Waals surface area contributed by atoms with E-state index in [1.54, 1.807) is 6.07 Å². The lowest BCUT2D eigenvalue weighted by Gasteiger charge is -2.56. The molecule has 6 heteroatoms. The minimum absolute atomic E-state index is 0.112. The molecule has 1 amide bonds. The van der Waals surface area contributed by atoms with E-state index in [2.05, 4.69) is 28.3 Å². The number of hydrogen-bond donors (Lipinski definition) is 3. The number of fused-ring (bicyclic) bond motifs is 4. The standard InChI is InChI=1S/C28H29N3O3/c1-31-16-28-14-19(21-13-20(32)8-9-23(21)28)12-24-18(7-10-25(28)31)11-22(27(34)30-24)26(33)29-15-17-5-3-2-4-6-17/h2-6,8-9,11,13,19,25,32H,7,10,12,14-16H2,1H3,(H,29,33)(H,30,34)/t19-,25+,28?/m1/s1. The molecule has 6 nitrogen and oxygen atoms in total. The Hall–Kier alpha value is -3.38. The Morgan fingerprint density at radius 3 is 2.82 bits per heavy atom. The van der Waals surface area contributed by atoms with Gasteiger partial charge in [0.15, 0.2) is 0 Å². The van der Waals surface area contributed by atoms with Crippen molar-refractivity contribution in [3.8, 4) is 5.75 Å². The number of carbonyl (C=O) groups excluding carboxylic acids is 1. The third-order valence-electron chi connectivity index (χ3n) is 8.22. The van der Waals surface area contributed by atoms with Crippen molar-refractivity contribution in [2.75, 3.05) is 13.6 Å². The SMILES string of the molecule is CN1CC23C[C@@H](Cc4[nH]c(=O)c(C(=O)NCc5ccccc5)cc4CC[C@H]12)c1cc(O)ccc13. The molecule has 2 aromatic carbocycles. The van der Waals surface area contributed by atoms with Gasteiger partial charge in [0.05, 0.1) is 0 Å². The minimum atomic E-state index is -0.346. The number of likely N-dealkylation sites (N-methyl/N-ethyl adjacent to an activating group) is 1. The van der Waals surface area contributed by atoms with E-state index in [1.807, 2.05) is 42.5 Å². The summed E-state index contributed by atoms with van der Waals surface area (Å²) in [5.41, 5.74) is 5.48. The van der Waals surface area contributed by atoms with E-state index in [0.717, 1.165) is 42.6 Å². The highest BCUT2D eigenvalue weighted by molar-refractivity contribution is 5.94. The molecule has 2 bridgehead atoms. The number of H-pyrrole nitrogens is 1. The van der Waals surface area contributed by atoms with E-state index >= 15 is 0 Å². The lowest BCUT2D eigenvalue weighted by Crippen LogP contribution is -2.64.